The fourth-order valence-corrected chi connectivity index (χ4v) is 12.4. The molecule has 0 saturated carbocycles. The van der Waals surface area contributed by atoms with Crippen LogP contribution in [0.25, 0.3) is 0 Å². The SMILES string of the molecule is CCCCCCC/C=C\C/C=C\CCCCCCCCCCCCCCCCCCCCCC(=O)OC(COC(=O)CCCCCCCCCCCCCCCCCCCCCCC/C=C\CCCCCCCCCC)COP(=O)(O)OCC[N+](C)(C)C. The Morgan fingerprint density at radius 1 is 0.352 bits per heavy atom. The molecule has 9 nitrogen and oxygen atoms in total. The van der Waals surface area contributed by atoms with Gasteiger partial charge in [0.05, 0.1) is 27.7 Å². The summed E-state index contributed by atoms with van der Waals surface area (Å²) in [6, 6.07) is 0. The lowest BCUT2D eigenvalue weighted by Gasteiger charge is -2.24. The van der Waals surface area contributed by atoms with Crippen LogP contribution in [-0.4, -0.2) is 74.9 Å². The maximum absolute atomic E-state index is 12.9. The second-order valence-electron chi connectivity index (χ2n) is 27.7. The van der Waals surface area contributed by atoms with Crippen LogP contribution >= 0.6 is 7.82 Å². The van der Waals surface area contributed by atoms with E-state index in [-0.39, 0.29) is 25.6 Å². The third kappa shape index (κ3) is 73.3. The van der Waals surface area contributed by atoms with Gasteiger partial charge in [-0.1, -0.05) is 352 Å². The number of hydrogen-bond acceptors (Lipinski definition) is 7. The first-order valence-electron chi connectivity index (χ1n) is 38.7. The summed E-state index contributed by atoms with van der Waals surface area (Å²) in [5.74, 6) is -0.772. The number of hydrogen-bond donors (Lipinski definition) is 1. The summed E-state index contributed by atoms with van der Waals surface area (Å²) in [6.45, 7) is 4.50. The number of quaternary nitrogens is 1. The highest BCUT2D eigenvalue weighted by molar-refractivity contribution is 7.47. The predicted octanol–water partition coefficient (Wildman–Crippen LogP) is 25.4. The molecule has 0 amide bonds. The van der Waals surface area contributed by atoms with Gasteiger partial charge in [0, 0.05) is 12.8 Å². The molecule has 0 aliphatic heterocycles. The Balaban J connectivity index is 3.93. The largest absolute Gasteiger partial charge is 0.472 e. The lowest BCUT2D eigenvalue weighted by molar-refractivity contribution is -0.870. The Morgan fingerprint density at radius 3 is 0.909 bits per heavy atom. The second kappa shape index (κ2) is 69.6. The van der Waals surface area contributed by atoms with E-state index in [1.54, 1.807) is 0 Å². The molecule has 0 heterocycles. The monoisotopic (exact) mass is 1260 g/mol. The van der Waals surface area contributed by atoms with E-state index in [0.29, 0.717) is 23.9 Å². The molecule has 0 rings (SSSR count). The van der Waals surface area contributed by atoms with Crippen LogP contribution in [0.1, 0.15) is 399 Å². The molecule has 10 heteroatoms. The van der Waals surface area contributed by atoms with E-state index in [1.165, 1.54) is 327 Å². The van der Waals surface area contributed by atoms with Gasteiger partial charge < -0.3 is 18.9 Å². The summed E-state index contributed by atoms with van der Waals surface area (Å²) in [7, 11) is 1.50. The summed E-state index contributed by atoms with van der Waals surface area (Å²) in [4.78, 5) is 36.0. The molecule has 520 valence electrons. The van der Waals surface area contributed by atoms with Crippen LogP contribution in [0.4, 0.5) is 0 Å². The standard InChI is InChI=1S/C78H150NO8P/c1-6-8-10-12-14-16-18-20-22-24-26-28-30-32-34-36-38-39-41-42-44-46-48-50-52-54-56-58-60-62-64-66-68-70-77(80)84-74-76(75-86-88(82,83)85-73-72-79(3,4)5)87-78(81)71-69-67-65-63-61-59-57-55-53-51-49-47-45-43-40-37-35-33-31-29-27-25-23-21-19-17-15-13-11-9-7-2/h19,21,24-27,76H,6-18,20,22-23,28-75H2,1-5H3/p+1/b21-19-,26-24-,27-25-. The highest BCUT2D eigenvalue weighted by Crippen LogP contribution is 2.43. The van der Waals surface area contributed by atoms with Gasteiger partial charge in [0.15, 0.2) is 6.10 Å². The lowest BCUT2D eigenvalue weighted by atomic mass is 10.0. The Labute approximate surface area is 548 Å². The molecule has 2 atom stereocenters. The van der Waals surface area contributed by atoms with Gasteiger partial charge in [-0.25, -0.2) is 4.57 Å². The van der Waals surface area contributed by atoms with Gasteiger partial charge in [-0.05, 0) is 70.6 Å². The maximum atomic E-state index is 12.9. The molecule has 0 aliphatic carbocycles. The van der Waals surface area contributed by atoms with Crippen molar-refractivity contribution < 1.29 is 42.1 Å². The van der Waals surface area contributed by atoms with Gasteiger partial charge in [0.1, 0.15) is 19.8 Å². The van der Waals surface area contributed by atoms with Gasteiger partial charge >= 0.3 is 19.8 Å². The van der Waals surface area contributed by atoms with Crippen molar-refractivity contribution in [1.29, 1.82) is 0 Å². The molecule has 0 spiro atoms. The fourth-order valence-electron chi connectivity index (χ4n) is 11.7. The van der Waals surface area contributed by atoms with Crippen LogP contribution in [0.5, 0.6) is 0 Å². The number of rotatable bonds is 73. The van der Waals surface area contributed by atoms with Crippen LogP contribution < -0.4 is 0 Å². The molecule has 0 fully saturated rings. The zero-order valence-corrected chi connectivity index (χ0v) is 60.4. The van der Waals surface area contributed by atoms with Crippen molar-refractivity contribution in [3.63, 3.8) is 0 Å². The lowest BCUT2D eigenvalue weighted by Crippen LogP contribution is -2.37. The predicted molar refractivity (Wildman–Crippen MR) is 381 cm³/mol. The maximum Gasteiger partial charge on any atom is 0.472 e. The third-order valence-corrected chi connectivity index (χ3v) is 18.6. The van der Waals surface area contributed by atoms with Gasteiger partial charge in [0.25, 0.3) is 0 Å². The summed E-state index contributed by atoms with van der Waals surface area (Å²) < 4.78 is 34.8. The number of nitrogens with zero attached hydrogens (tertiary/aromatic N) is 1. The summed E-state index contributed by atoms with van der Waals surface area (Å²) in [5, 5.41) is 0. The van der Waals surface area contributed by atoms with Gasteiger partial charge in [0.2, 0.25) is 0 Å². The van der Waals surface area contributed by atoms with E-state index in [9.17, 15) is 19.0 Å². The minimum Gasteiger partial charge on any atom is -0.462 e. The average Bonchev–Trinajstić information content (AvgIpc) is 3.68. The average molecular weight is 1260 g/mol. The fraction of sp³-hybridized carbons (Fsp3) is 0.897. The zero-order chi connectivity index (χ0) is 64.1. The number of phosphoric acid groups is 1. The Bertz CT molecular complexity index is 1580. The minimum absolute atomic E-state index is 0.0350. The molecule has 0 radical (unpaired) electrons. The van der Waals surface area contributed by atoms with Gasteiger partial charge in [-0.2, -0.15) is 0 Å². The van der Waals surface area contributed by atoms with E-state index >= 15 is 0 Å². The highest BCUT2D eigenvalue weighted by atomic mass is 31.2. The van der Waals surface area contributed by atoms with Crippen LogP contribution in [-0.2, 0) is 32.7 Å². The number of phosphoric ester groups is 1. The molecular weight excluding hydrogens is 1110 g/mol. The number of unbranched alkanes of at least 4 members (excludes halogenated alkanes) is 53. The van der Waals surface area contributed by atoms with Crippen LogP contribution in [0.15, 0.2) is 36.5 Å². The van der Waals surface area contributed by atoms with Crippen LogP contribution in [0, 0.1) is 0 Å². The molecule has 88 heavy (non-hydrogen) atoms. The summed E-state index contributed by atoms with van der Waals surface area (Å²) in [6.07, 6.45) is 90.0. The van der Waals surface area contributed by atoms with Gasteiger partial charge in [-0.15, -0.1) is 0 Å². The smallest absolute Gasteiger partial charge is 0.462 e. The number of ether oxygens (including phenoxy) is 2. The molecule has 0 aliphatic rings. The van der Waals surface area contributed by atoms with Crippen molar-refractivity contribution in [2.45, 2.75) is 405 Å². The van der Waals surface area contributed by atoms with Crippen molar-refractivity contribution in [3.05, 3.63) is 36.5 Å². The molecule has 0 bridgehead atoms. The molecule has 0 aromatic carbocycles. The van der Waals surface area contributed by atoms with Gasteiger partial charge in [-0.3, -0.25) is 18.6 Å². The number of carbonyl (C=O) groups is 2. The summed E-state index contributed by atoms with van der Waals surface area (Å²) >= 11 is 0. The number of allylic oxidation sites excluding steroid dienone is 6. The Hall–Kier alpha value is -1.77. The molecule has 0 saturated heterocycles. The highest BCUT2D eigenvalue weighted by Gasteiger charge is 2.27. The quantitative estimate of drug-likeness (QED) is 0.0211. The molecule has 2 unspecified atom stereocenters. The molecule has 0 aromatic heterocycles. The van der Waals surface area contributed by atoms with E-state index < -0.39 is 26.5 Å². The van der Waals surface area contributed by atoms with E-state index in [4.69, 9.17) is 18.5 Å². The van der Waals surface area contributed by atoms with Crippen LogP contribution in [0.2, 0.25) is 0 Å². The number of carbonyl (C=O) groups excluding carboxylic acids is 2. The van der Waals surface area contributed by atoms with Crippen molar-refractivity contribution in [2.24, 2.45) is 0 Å². The molecule has 1 N–H and O–H groups in total. The topological polar surface area (TPSA) is 108 Å². The molecular formula is C78H151NO8P+. The van der Waals surface area contributed by atoms with E-state index in [2.05, 4.69) is 50.3 Å². The van der Waals surface area contributed by atoms with Crippen molar-refractivity contribution in [3.8, 4) is 0 Å². The third-order valence-electron chi connectivity index (χ3n) is 17.6. The van der Waals surface area contributed by atoms with Crippen molar-refractivity contribution in [1.82, 2.24) is 0 Å². The summed E-state index contributed by atoms with van der Waals surface area (Å²) in [5.41, 5.74) is 0. The second-order valence-corrected chi connectivity index (χ2v) is 29.2. The Morgan fingerprint density at radius 2 is 0.614 bits per heavy atom. The first kappa shape index (κ1) is 86.2. The first-order chi connectivity index (χ1) is 43.0. The Kier molecular flexibility index (Phi) is 68.2. The van der Waals surface area contributed by atoms with Crippen molar-refractivity contribution >= 4 is 19.8 Å². The van der Waals surface area contributed by atoms with E-state index in [0.717, 1.165) is 38.5 Å². The number of esters is 2. The van der Waals surface area contributed by atoms with Crippen molar-refractivity contribution in [2.75, 3.05) is 47.5 Å². The zero-order valence-electron chi connectivity index (χ0n) is 59.5. The molecule has 0 aromatic rings. The number of likely N-dealkylation sites (N-methyl/N-ethyl adjacent to an activating group) is 1. The van der Waals surface area contributed by atoms with Crippen LogP contribution in [0.3, 0.4) is 0 Å². The first-order valence-corrected chi connectivity index (χ1v) is 40.2. The van der Waals surface area contributed by atoms with E-state index in [1.807, 2.05) is 21.1 Å². The normalized spacial score (nSPS) is 13.2. The minimum atomic E-state index is -4.39.